The van der Waals surface area contributed by atoms with Gasteiger partial charge in [-0.05, 0) is 24.1 Å². The predicted octanol–water partition coefficient (Wildman–Crippen LogP) is 3.29. The second-order valence-electron chi connectivity index (χ2n) is 4.33. The van der Waals surface area contributed by atoms with Crippen LogP contribution in [0.2, 0.25) is 0 Å². The van der Waals surface area contributed by atoms with E-state index >= 15 is 0 Å². The standard InChI is InChI=1S/C15H13NO4/c1-11-7-13(9-17)14(16(18)19)8-15(11)20-10-12-5-3-2-4-6-12/h2-9H,10H2,1H3. The summed E-state index contributed by atoms with van der Waals surface area (Å²) in [6, 6.07) is 12.3. The van der Waals surface area contributed by atoms with Gasteiger partial charge in [0.1, 0.15) is 12.4 Å². The molecule has 0 aliphatic heterocycles. The van der Waals surface area contributed by atoms with Crippen LogP contribution in [-0.4, -0.2) is 11.2 Å². The molecule has 0 saturated carbocycles. The molecule has 0 heterocycles. The molecule has 0 amide bonds. The summed E-state index contributed by atoms with van der Waals surface area (Å²) in [6.45, 7) is 2.07. The molecular weight excluding hydrogens is 258 g/mol. The first kappa shape index (κ1) is 13.7. The summed E-state index contributed by atoms with van der Waals surface area (Å²) >= 11 is 0. The van der Waals surface area contributed by atoms with E-state index in [1.807, 2.05) is 30.3 Å². The molecule has 0 saturated heterocycles. The molecule has 0 bridgehead atoms. The average Bonchev–Trinajstić information content (AvgIpc) is 2.46. The summed E-state index contributed by atoms with van der Waals surface area (Å²) in [7, 11) is 0. The number of benzene rings is 2. The Hall–Kier alpha value is -2.69. The Kier molecular flexibility index (Phi) is 4.10. The van der Waals surface area contributed by atoms with Crippen molar-refractivity contribution in [3.63, 3.8) is 0 Å². The fourth-order valence-electron chi connectivity index (χ4n) is 1.84. The van der Waals surface area contributed by atoms with E-state index in [0.717, 1.165) is 5.56 Å². The first-order valence-electron chi connectivity index (χ1n) is 6.02. The van der Waals surface area contributed by atoms with Crippen LogP contribution in [-0.2, 0) is 6.61 Å². The number of hydrogen-bond donors (Lipinski definition) is 0. The van der Waals surface area contributed by atoms with E-state index in [1.165, 1.54) is 12.1 Å². The van der Waals surface area contributed by atoms with Gasteiger partial charge in [-0.1, -0.05) is 30.3 Å². The zero-order chi connectivity index (χ0) is 14.5. The van der Waals surface area contributed by atoms with E-state index < -0.39 is 4.92 Å². The first-order valence-corrected chi connectivity index (χ1v) is 6.02. The van der Waals surface area contributed by atoms with E-state index in [2.05, 4.69) is 0 Å². The SMILES string of the molecule is Cc1cc(C=O)c([N+](=O)[O-])cc1OCc1ccccc1. The number of hydrogen-bond acceptors (Lipinski definition) is 4. The summed E-state index contributed by atoms with van der Waals surface area (Å²) < 4.78 is 5.59. The zero-order valence-corrected chi connectivity index (χ0v) is 10.9. The van der Waals surface area contributed by atoms with Crippen LogP contribution in [0.3, 0.4) is 0 Å². The van der Waals surface area contributed by atoms with Crippen LogP contribution >= 0.6 is 0 Å². The van der Waals surface area contributed by atoms with Gasteiger partial charge in [0, 0.05) is 0 Å². The van der Waals surface area contributed by atoms with Crippen molar-refractivity contribution in [3.05, 3.63) is 69.3 Å². The molecule has 0 N–H and O–H groups in total. The molecule has 102 valence electrons. The van der Waals surface area contributed by atoms with Gasteiger partial charge in [0.2, 0.25) is 0 Å². The zero-order valence-electron chi connectivity index (χ0n) is 10.9. The minimum atomic E-state index is -0.585. The van der Waals surface area contributed by atoms with Crippen molar-refractivity contribution in [2.24, 2.45) is 0 Å². The summed E-state index contributed by atoms with van der Waals surface area (Å²) in [4.78, 5) is 21.2. The Labute approximate surface area is 116 Å². The highest BCUT2D eigenvalue weighted by atomic mass is 16.6. The van der Waals surface area contributed by atoms with Crippen LogP contribution in [0.5, 0.6) is 5.75 Å². The molecule has 0 atom stereocenters. The van der Waals surface area contributed by atoms with Crippen LogP contribution in [0.1, 0.15) is 21.5 Å². The molecule has 2 aromatic rings. The molecule has 0 aliphatic carbocycles. The Morgan fingerprint density at radius 3 is 2.55 bits per heavy atom. The van der Waals surface area contributed by atoms with Gasteiger partial charge in [-0.25, -0.2) is 0 Å². The third kappa shape index (κ3) is 3.00. The third-order valence-corrected chi connectivity index (χ3v) is 2.89. The normalized spacial score (nSPS) is 10.1. The molecule has 0 spiro atoms. The summed E-state index contributed by atoms with van der Waals surface area (Å²) in [6.07, 6.45) is 0.478. The number of nitro benzene ring substituents is 1. The Morgan fingerprint density at radius 2 is 1.95 bits per heavy atom. The molecule has 0 unspecified atom stereocenters. The van der Waals surface area contributed by atoms with Crippen molar-refractivity contribution in [3.8, 4) is 5.75 Å². The van der Waals surface area contributed by atoms with Gasteiger partial charge < -0.3 is 4.74 Å². The van der Waals surface area contributed by atoms with E-state index in [4.69, 9.17) is 4.74 Å². The van der Waals surface area contributed by atoms with Crippen molar-refractivity contribution in [1.82, 2.24) is 0 Å². The number of aryl methyl sites for hydroxylation is 1. The maximum absolute atomic E-state index is 10.9. The maximum Gasteiger partial charge on any atom is 0.283 e. The smallest absolute Gasteiger partial charge is 0.283 e. The van der Waals surface area contributed by atoms with Gasteiger partial charge in [0.05, 0.1) is 16.6 Å². The number of carbonyl (C=O) groups excluding carboxylic acids is 1. The summed E-state index contributed by atoms with van der Waals surface area (Å²) in [5.74, 6) is 0.408. The second-order valence-corrected chi connectivity index (χ2v) is 4.33. The molecule has 20 heavy (non-hydrogen) atoms. The molecule has 0 aromatic heterocycles. The van der Waals surface area contributed by atoms with Crippen molar-refractivity contribution in [2.45, 2.75) is 13.5 Å². The van der Waals surface area contributed by atoms with Gasteiger partial charge >= 0.3 is 0 Å². The van der Waals surface area contributed by atoms with Crippen LogP contribution in [0.25, 0.3) is 0 Å². The highest BCUT2D eigenvalue weighted by Crippen LogP contribution is 2.28. The van der Waals surface area contributed by atoms with Crippen LogP contribution < -0.4 is 4.74 Å². The molecule has 2 aromatic carbocycles. The van der Waals surface area contributed by atoms with Gasteiger partial charge in [0.25, 0.3) is 5.69 Å². The van der Waals surface area contributed by atoms with E-state index in [9.17, 15) is 14.9 Å². The highest BCUT2D eigenvalue weighted by molar-refractivity contribution is 5.82. The number of carbonyl (C=O) groups is 1. The van der Waals surface area contributed by atoms with Gasteiger partial charge in [0.15, 0.2) is 6.29 Å². The molecule has 0 aliphatic rings. The van der Waals surface area contributed by atoms with Crippen LogP contribution in [0, 0.1) is 17.0 Å². The first-order chi connectivity index (χ1) is 9.61. The summed E-state index contributed by atoms with van der Waals surface area (Å²) in [5, 5.41) is 10.9. The fraction of sp³-hybridized carbons (Fsp3) is 0.133. The lowest BCUT2D eigenvalue weighted by molar-refractivity contribution is -0.385. The van der Waals surface area contributed by atoms with Crippen molar-refractivity contribution in [2.75, 3.05) is 0 Å². The number of nitrogens with zero attached hydrogens (tertiary/aromatic N) is 1. The third-order valence-electron chi connectivity index (χ3n) is 2.89. The second kappa shape index (κ2) is 5.97. The minimum absolute atomic E-state index is 0.0551. The van der Waals surface area contributed by atoms with Crippen molar-refractivity contribution in [1.29, 1.82) is 0 Å². The fourth-order valence-corrected chi connectivity index (χ4v) is 1.84. The molecule has 0 fully saturated rings. The molecule has 5 heteroatoms. The molecular formula is C15H13NO4. The largest absolute Gasteiger partial charge is 0.488 e. The Balaban J connectivity index is 2.26. The maximum atomic E-state index is 10.9. The summed E-state index contributed by atoms with van der Waals surface area (Å²) in [5.41, 5.74) is 1.47. The lowest BCUT2D eigenvalue weighted by Gasteiger charge is -2.10. The van der Waals surface area contributed by atoms with Crippen molar-refractivity contribution >= 4 is 12.0 Å². The van der Waals surface area contributed by atoms with Crippen molar-refractivity contribution < 1.29 is 14.5 Å². The van der Waals surface area contributed by atoms with Crippen LogP contribution in [0.4, 0.5) is 5.69 Å². The van der Waals surface area contributed by atoms with E-state index in [0.29, 0.717) is 24.2 Å². The number of aldehydes is 1. The topological polar surface area (TPSA) is 69.4 Å². The Bertz CT molecular complexity index is 638. The molecule has 0 radical (unpaired) electrons. The lowest BCUT2D eigenvalue weighted by atomic mass is 10.1. The average molecular weight is 271 g/mol. The van der Waals surface area contributed by atoms with Gasteiger partial charge in [-0.2, -0.15) is 0 Å². The minimum Gasteiger partial charge on any atom is -0.488 e. The molecule has 5 nitrogen and oxygen atoms in total. The Morgan fingerprint density at radius 1 is 1.25 bits per heavy atom. The number of nitro groups is 1. The van der Waals surface area contributed by atoms with Crippen LogP contribution in [0.15, 0.2) is 42.5 Å². The molecule has 2 rings (SSSR count). The highest BCUT2D eigenvalue weighted by Gasteiger charge is 2.17. The number of rotatable bonds is 5. The van der Waals surface area contributed by atoms with E-state index in [1.54, 1.807) is 6.92 Å². The monoisotopic (exact) mass is 271 g/mol. The number of ether oxygens (including phenoxy) is 1. The van der Waals surface area contributed by atoms with E-state index in [-0.39, 0.29) is 11.3 Å². The quantitative estimate of drug-likeness (QED) is 0.475. The van der Waals surface area contributed by atoms with Gasteiger partial charge in [-0.15, -0.1) is 0 Å². The predicted molar refractivity (Wildman–Crippen MR) is 74.0 cm³/mol. The van der Waals surface area contributed by atoms with Gasteiger partial charge in [-0.3, -0.25) is 14.9 Å². The lowest BCUT2D eigenvalue weighted by Crippen LogP contribution is -2.00.